The van der Waals surface area contributed by atoms with Crippen molar-refractivity contribution in [2.45, 2.75) is 45.6 Å². The Kier molecular flexibility index (Phi) is 4.31. The Hall–Kier alpha value is -1.58. The second-order valence-corrected chi connectivity index (χ2v) is 6.73. The molecule has 2 rings (SSSR count). The van der Waals surface area contributed by atoms with Crippen molar-refractivity contribution >= 4 is 11.6 Å². The molecule has 0 aromatic carbocycles. The van der Waals surface area contributed by atoms with Crippen LogP contribution in [0.25, 0.3) is 0 Å². The molecule has 1 amide bonds. The lowest BCUT2D eigenvalue weighted by molar-refractivity contribution is 0.0822. The molecule has 0 aliphatic heterocycles. The Balaban J connectivity index is 2.06. The maximum atomic E-state index is 11.9. The van der Waals surface area contributed by atoms with E-state index in [-0.39, 0.29) is 5.91 Å². The molecule has 1 aromatic rings. The highest BCUT2D eigenvalue weighted by Gasteiger charge is 2.27. The molecule has 1 heterocycles. The average molecular weight is 275 g/mol. The standard InChI is InChI=1S/C16H25N3O/c1-16(2)8-5-6-13(11-16)18-12-7-9-17-14(10-12)15(20)19(3)4/h7,9-10,13H,5-6,8,11H2,1-4H3,(H,17,18). The first-order valence-corrected chi connectivity index (χ1v) is 7.32. The van der Waals surface area contributed by atoms with Crippen LogP contribution < -0.4 is 5.32 Å². The fraction of sp³-hybridized carbons (Fsp3) is 0.625. The highest BCUT2D eigenvalue weighted by atomic mass is 16.2. The van der Waals surface area contributed by atoms with Crippen molar-refractivity contribution in [3.63, 3.8) is 0 Å². The first-order valence-electron chi connectivity index (χ1n) is 7.32. The number of pyridine rings is 1. The maximum Gasteiger partial charge on any atom is 0.272 e. The van der Waals surface area contributed by atoms with Crippen LogP contribution in [-0.4, -0.2) is 35.9 Å². The van der Waals surface area contributed by atoms with Gasteiger partial charge in [-0.15, -0.1) is 0 Å². The molecule has 1 fully saturated rings. The molecule has 1 aromatic heterocycles. The van der Waals surface area contributed by atoms with Gasteiger partial charge in [0.1, 0.15) is 5.69 Å². The molecule has 1 aliphatic carbocycles. The Morgan fingerprint density at radius 2 is 2.20 bits per heavy atom. The van der Waals surface area contributed by atoms with Gasteiger partial charge >= 0.3 is 0 Å². The number of hydrogen-bond acceptors (Lipinski definition) is 3. The summed E-state index contributed by atoms with van der Waals surface area (Å²) in [6.07, 6.45) is 6.63. The summed E-state index contributed by atoms with van der Waals surface area (Å²) in [6, 6.07) is 4.28. The van der Waals surface area contributed by atoms with Crippen LogP contribution in [0.2, 0.25) is 0 Å². The van der Waals surface area contributed by atoms with Gasteiger partial charge in [0.15, 0.2) is 0 Å². The summed E-state index contributed by atoms with van der Waals surface area (Å²) in [4.78, 5) is 17.6. The van der Waals surface area contributed by atoms with Crippen molar-refractivity contribution in [3.8, 4) is 0 Å². The van der Waals surface area contributed by atoms with E-state index in [9.17, 15) is 4.79 Å². The number of aromatic nitrogens is 1. The number of nitrogens with one attached hydrogen (secondary N) is 1. The first kappa shape index (κ1) is 14.8. The molecular weight excluding hydrogens is 250 g/mol. The average Bonchev–Trinajstić information content (AvgIpc) is 2.37. The highest BCUT2D eigenvalue weighted by Crippen LogP contribution is 2.36. The van der Waals surface area contributed by atoms with Crippen LogP contribution in [0.5, 0.6) is 0 Å². The van der Waals surface area contributed by atoms with Gasteiger partial charge in [-0.3, -0.25) is 9.78 Å². The van der Waals surface area contributed by atoms with Gasteiger partial charge in [0.25, 0.3) is 5.91 Å². The van der Waals surface area contributed by atoms with Gasteiger partial charge in [0, 0.05) is 32.0 Å². The molecule has 110 valence electrons. The molecule has 20 heavy (non-hydrogen) atoms. The zero-order chi connectivity index (χ0) is 14.8. The van der Waals surface area contributed by atoms with Crippen LogP contribution in [0, 0.1) is 5.41 Å². The molecule has 4 nitrogen and oxygen atoms in total. The summed E-state index contributed by atoms with van der Waals surface area (Å²) in [7, 11) is 3.49. The van der Waals surface area contributed by atoms with Gasteiger partial charge in [-0.2, -0.15) is 0 Å². The van der Waals surface area contributed by atoms with Gasteiger partial charge in [0.05, 0.1) is 0 Å². The van der Waals surface area contributed by atoms with E-state index in [1.807, 2.05) is 12.1 Å². The number of hydrogen-bond donors (Lipinski definition) is 1. The first-order chi connectivity index (χ1) is 9.37. The van der Waals surface area contributed by atoms with E-state index in [0.29, 0.717) is 17.2 Å². The predicted molar refractivity (Wildman–Crippen MR) is 81.9 cm³/mol. The number of nitrogens with zero attached hydrogens (tertiary/aromatic N) is 2. The Bertz CT molecular complexity index is 482. The zero-order valence-corrected chi connectivity index (χ0v) is 12.9. The number of carbonyl (C=O) groups is 1. The van der Waals surface area contributed by atoms with Gasteiger partial charge < -0.3 is 10.2 Å². The minimum Gasteiger partial charge on any atom is -0.382 e. The summed E-state index contributed by atoms with van der Waals surface area (Å²) in [6.45, 7) is 4.66. The summed E-state index contributed by atoms with van der Waals surface area (Å²) in [5, 5.41) is 3.56. The molecule has 1 unspecified atom stereocenters. The molecule has 0 radical (unpaired) electrons. The SMILES string of the molecule is CN(C)C(=O)c1cc(NC2CCCC(C)(C)C2)ccn1. The van der Waals surface area contributed by atoms with E-state index in [4.69, 9.17) is 0 Å². The van der Waals surface area contributed by atoms with Crippen LogP contribution in [-0.2, 0) is 0 Å². The number of anilines is 1. The van der Waals surface area contributed by atoms with Crippen LogP contribution in [0.1, 0.15) is 50.0 Å². The smallest absolute Gasteiger partial charge is 0.272 e. The maximum absolute atomic E-state index is 11.9. The molecule has 1 atom stereocenters. The third-order valence-corrected chi connectivity index (χ3v) is 3.96. The molecule has 0 spiro atoms. The third kappa shape index (κ3) is 3.71. The van der Waals surface area contributed by atoms with E-state index in [0.717, 1.165) is 5.69 Å². The highest BCUT2D eigenvalue weighted by molar-refractivity contribution is 5.92. The normalized spacial score (nSPS) is 21.3. The van der Waals surface area contributed by atoms with Gasteiger partial charge in [-0.25, -0.2) is 0 Å². The van der Waals surface area contributed by atoms with Crippen LogP contribution in [0.4, 0.5) is 5.69 Å². The quantitative estimate of drug-likeness (QED) is 0.921. The molecule has 4 heteroatoms. The van der Waals surface area contributed by atoms with Crippen LogP contribution in [0.3, 0.4) is 0 Å². The summed E-state index contributed by atoms with van der Waals surface area (Å²) in [5.41, 5.74) is 1.90. The molecule has 1 aliphatic rings. The van der Waals surface area contributed by atoms with Crippen molar-refractivity contribution in [2.24, 2.45) is 5.41 Å². The van der Waals surface area contributed by atoms with Crippen LogP contribution in [0.15, 0.2) is 18.3 Å². The lowest BCUT2D eigenvalue weighted by Crippen LogP contribution is -2.32. The fourth-order valence-corrected chi connectivity index (χ4v) is 2.92. The molecule has 1 saturated carbocycles. The summed E-state index contributed by atoms with van der Waals surface area (Å²) >= 11 is 0. The number of carbonyl (C=O) groups excluding carboxylic acids is 1. The minimum atomic E-state index is -0.0578. The third-order valence-electron chi connectivity index (χ3n) is 3.96. The van der Waals surface area contributed by atoms with Crippen molar-refractivity contribution in [1.29, 1.82) is 0 Å². The molecule has 1 N–H and O–H groups in total. The lowest BCUT2D eigenvalue weighted by Gasteiger charge is -2.36. The van der Waals surface area contributed by atoms with E-state index in [1.54, 1.807) is 25.2 Å². The van der Waals surface area contributed by atoms with E-state index < -0.39 is 0 Å². The Morgan fingerprint density at radius 1 is 1.45 bits per heavy atom. The zero-order valence-electron chi connectivity index (χ0n) is 12.9. The van der Waals surface area contributed by atoms with E-state index in [2.05, 4.69) is 24.1 Å². The van der Waals surface area contributed by atoms with Gasteiger partial charge in [0.2, 0.25) is 0 Å². The molecule has 0 bridgehead atoms. The Morgan fingerprint density at radius 3 is 2.85 bits per heavy atom. The lowest BCUT2D eigenvalue weighted by atomic mass is 9.75. The molecule has 0 saturated heterocycles. The number of rotatable bonds is 3. The van der Waals surface area contributed by atoms with Crippen molar-refractivity contribution < 1.29 is 4.79 Å². The molecular formula is C16H25N3O. The van der Waals surface area contributed by atoms with Gasteiger partial charge in [-0.05, 0) is 36.8 Å². The topological polar surface area (TPSA) is 45.2 Å². The second kappa shape index (κ2) is 5.81. The van der Waals surface area contributed by atoms with E-state index >= 15 is 0 Å². The monoisotopic (exact) mass is 275 g/mol. The fourth-order valence-electron chi connectivity index (χ4n) is 2.92. The number of amides is 1. The Labute approximate surface area is 121 Å². The van der Waals surface area contributed by atoms with Crippen molar-refractivity contribution in [3.05, 3.63) is 24.0 Å². The second-order valence-electron chi connectivity index (χ2n) is 6.73. The summed E-state index contributed by atoms with van der Waals surface area (Å²) in [5.74, 6) is -0.0578. The minimum absolute atomic E-state index is 0.0578. The van der Waals surface area contributed by atoms with Crippen molar-refractivity contribution in [2.75, 3.05) is 19.4 Å². The van der Waals surface area contributed by atoms with Crippen LogP contribution >= 0.6 is 0 Å². The predicted octanol–water partition coefficient (Wildman–Crippen LogP) is 3.16. The largest absolute Gasteiger partial charge is 0.382 e. The van der Waals surface area contributed by atoms with E-state index in [1.165, 1.54) is 25.7 Å². The van der Waals surface area contributed by atoms with Crippen molar-refractivity contribution in [1.82, 2.24) is 9.88 Å². The van der Waals surface area contributed by atoms with Gasteiger partial charge in [-0.1, -0.05) is 20.3 Å². The summed E-state index contributed by atoms with van der Waals surface area (Å²) < 4.78 is 0.